The van der Waals surface area contributed by atoms with Crippen molar-refractivity contribution in [3.8, 4) is 10.7 Å². The predicted molar refractivity (Wildman–Crippen MR) is 83.2 cm³/mol. The standard InChI is InChI=1S/C13H18N4S2/c1-9-4-5-11(19-9)12-14-15-13(17(12)3)16(2)10-6-7-18-8-10/h4-5,10H,6-8H2,1-3H3/t10-/m1/s1. The first-order valence-electron chi connectivity index (χ1n) is 6.43. The number of rotatable bonds is 3. The fourth-order valence-corrected chi connectivity index (χ4v) is 4.54. The second-order valence-corrected chi connectivity index (χ2v) is 7.36. The molecule has 0 aliphatic carbocycles. The molecular formula is C13H18N4S2. The number of anilines is 1. The van der Waals surface area contributed by atoms with Crippen molar-refractivity contribution < 1.29 is 0 Å². The van der Waals surface area contributed by atoms with Crippen LogP contribution < -0.4 is 4.90 Å². The minimum atomic E-state index is 0.589. The van der Waals surface area contributed by atoms with Crippen molar-refractivity contribution in [2.45, 2.75) is 19.4 Å². The highest BCUT2D eigenvalue weighted by atomic mass is 32.2. The zero-order valence-corrected chi connectivity index (χ0v) is 13.1. The van der Waals surface area contributed by atoms with E-state index < -0.39 is 0 Å². The van der Waals surface area contributed by atoms with Crippen LogP contribution in [-0.4, -0.2) is 39.4 Å². The Balaban J connectivity index is 1.90. The van der Waals surface area contributed by atoms with Crippen LogP contribution in [0.5, 0.6) is 0 Å². The fraction of sp³-hybridized carbons (Fsp3) is 0.538. The number of aromatic nitrogens is 3. The molecule has 1 atom stereocenters. The minimum Gasteiger partial charge on any atom is -0.340 e. The predicted octanol–water partition coefficient (Wildman–Crippen LogP) is 2.79. The molecule has 2 aromatic heterocycles. The van der Waals surface area contributed by atoms with Crippen LogP contribution >= 0.6 is 23.1 Å². The average Bonchev–Trinajstić information content (AvgIpc) is 3.08. The van der Waals surface area contributed by atoms with Gasteiger partial charge >= 0.3 is 0 Å². The number of aryl methyl sites for hydroxylation is 1. The largest absolute Gasteiger partial charge is 0.340 e. The van der Waals surface area contributed by atoms with Crippen LogP contribution in [0.25, 0.3) is 10.7 Å². The van der Waals surface area contributed by atoms with Crippen molar-refractivity contribution in [3.63, 3.8) is 0 Å². The zero-order chi connectivity index (χ0) is 13.4. The van der Waals surface area contributed by atoms with E-state index >= 15 is 0 Å². The molecule has 1 aliphatic rings. The molecule has 1 aliphatic heterocycles. The third kappa shape index (κ3) is 2.39. The van der Waals surface area contributed by atoms with Crippen LogP contribution in [0, 0.1) is 6.92 Å². The van der Waals surface area contributed by atoms with E-state index in [2.05, 4.69) is 52.8 Å². The van der Waals surface area contributed by atoms with Gasteiger partial charge in [0.25, 0.3) is 0 Å². The molecule has 2 aromatic rings. The number of hydrogen-bond acceptors (Lipinski definition) is 5. The first-order valence-corrected chi connectivity index (χ1v) is 8.40. The maximum absolute atomic E-state index is 4.38. The zero-order valence-electron chi connectivity index (χ0n) is 11.5. The fourth-order valence-electron chi connectivity index (χ4n) is 2.39. The molecule has 1 fully saturated rings. The van der Waals surface area contributed by atoms with Gasteiger partial charge in [0, 0.05) is 30.8 Å². The van der Waals surface area contributed by atoms with Gasteiger partial charge in [-0.15, -0.1) is 21.5 Å². The Morgan fingerprint density at radius 3 is 2.84 bits per heavy atom. The molecule has 0 bridgehead atoms. The Morgan fingerprint density at radius 2 is 2.21 bits per heavy atom. The molecule has 19 heavy (non-hydrogen) atoms. The molecule has 102 valence electrons. The second kappa shape index (κ2) is 5.17. The van der Waals surface area contributed by atoms with Crippen molar-refractivity contribution in [2.24, 2.45) is 7.05 Å². The molecule has 0 radical (unpaired) electrons. The normalized spacial score (nSPS) is 19.0. The Morgan fingerprint density at radius 1 is 1.37 bits per heavy atom. The second-order valence-electron chi connectivity index (χ2n) is 4.92. The Labute approximate surface area is 121 Å². The Hall–Kier alpha value is -1.01. The molecule has 0 spiro atoms. The van der Waals surface area contributed by atoms with Crippen LogP contribution in [0.3, 0.4) is 0 Å². The Kier molecular flexibility index (Phi) is 3.54. The van der Waals surface area contributed by atoms with Gasteiger partial charge in [-0.1, -0.05) is 0 Å². The highest BCUT2D eigenvalue weighted by Crippen LogP contribution is 2.30. The van der Waals surface area contributed by atoms with Gasteiger partial charge in [-0.3, -0.25) is 4.57 Å². The molecule has 3 rings (SSSR count). The Bertz CT molecular complexity index is 569. The lowest BCUT2D eigenvalue weighted by Crippen LogP contribution is -2.33. The number of thiophene rings is 1. The smallest absolute Gasteiger partial charge is 0.227 e. The molecule has 0 N–H and O–H groups in total. The summed E-state index contributed by atoms with van der Waals surface area (Å²) < 4.78 is 2.11. The minimum absolute atomic E-state index is 0.589. The molecule has 0 amide bonds. The average molecular weight is 294 g/mol. The van der Waals surface area contributed by atoms with E-state index in [-0.39, 0.29) is 0 Å². The van der Waals surface area contributed by atoms with E-state index in [1.165, 1.54) is 27.7 Å². The van der Waals surface area contributed by atoms with Gasteiger partial charge in [-0.25, -0.2) is 0 Å². The van der Waals surface area contributed by atoms with Gasteiger partial charge in [0.15, 0.2) is 5.82 Å². The third-order valence-corrected chi connectivity index (χ3v) is 5.72. The van der Waals surface area contributed by atoms with Crippen LogP contribution in [0.15, 0.2) is 12.1 Å². The summed E-state index contributed by atoms with van der Waals surface area (Å²) in [6, 6.07) is 4.84. The van der Waals surface area contributed by atoms with Gasteiger partial charge in [-0.05, 0) is 31.2 Å². The summed E-state index contributed by atoms with van der Waals surface area (Å²) in [4.78, 5) is 4.77. The number of nitrogens with zero attached hydrogens (tertiary/aromatic N) is 4. The summed E-state index contributed by atoms with van der Waals surface area (Å²) in [6.45, 7) is 2.12. The molecule has 6 heteroatoms. The van der Waals surface area contributed by atoms with Crippen molar-refractivity contribution in [1.29, 1.82) is 0 Å². The molecule has 0 aromatic carbocycles. The molecule has 3 heterocycles. The molecule has 4 nitrogen and oxygen atoms in total. The molecule has 0 saturated carbocycles. The lowest BCUT2D eigenvalue weighted by Gasteiger charge is -2.24. The third-order valence-electron chi connectivity index (χ3n) is 3.58. The van der Waals surface area contributed by atoms with Crippen LogP contribution in [0.4, 0.5) is 5.95 Å². The van der Waals surface area contributed by atoms with Gasteiger partial charge in [-0.2, -0.15) is 11.8 Å². The van der Waals surface area contributed by atoms with Crippen LogP contribution in [0.2, 0.25) is 0 Å². The van der Waals surface area contributed by atoms with E-state index in [0.717, 1.165) is 11.8 Å². The summed E-state index contributed by atoms with van der Waals surface area (Å²) >= 11 is 3.79. The van der Waals surface area contributed by atoms with E-state index in [0.29, 0.717) is 6.04 Å². The maximum Gasteiger partial charge on any atom is 0.227 e. The summed E-state index contributed by atoms with van der Waals surface area (Å²) in [6.07, 6.45) is 1.24. The van der Waals surface area contributed by atoms with Gasteiger partial charge in [0.1, 0.15) is 0 Å². The van der Waals surface area contributed by atoms with Gasteiger partial charge in [0.2, 0.25) is 5.95 Å². The molecule has 1 saturated heterocycles. The first kappa shape index (κ1) is 13.0. The number of thioether (sulfide) groups is 1. The summed E-state index contributed by atoms with van der Waals surface area (Å²) in [5.41, 5.74) is 0. The SMILES string of the molecule is Cc1ccc(-c2nnc(N(C)[C@@H]3CCSC3)n2C)s1. The quantitative estimate of drug-likeness (QED) is 0.872. The first-order chi connectivity index (χ1) is 9.16. The lowest BCUT2D eigenvalue weighted by atomic mass is 10.2. The van der Waals surface area contributed by atoms with Crippen molar-refractivity contribution in [2.75, 3.05) is 23.5 Å². The van der Waals surface area contributed by atoms with E-state index in [9.17, 15) is 0 Å². The van der Waals surface area contributed by atoms with Crippen LogP contribution in [-0.2, 0) is 7.05 Å². The van der Waals surface area contributed by atoms with Crippen molar-refractivity contribution in [3.05, 3.63) is 17.0 Å². The summed E-state index contributed by atoms with van der Waals surface area (Å²) in [5.74, 6) is 4.37. The van der Waals surface area contributed by atoms with Crippen molar-refractivity contribution >= 4 is 29.0 Å². The highest BCUT2D eigenvalue weighted by Gasteiger charge is 2.24. The van der Waals surface area contributed by atoms with Gasteiger partial charge < -0.3 is 4.90 Å². The number of hydrogen-bond donors (Lipinski definition) is 0. The highest BCUT2D eigenvalue weighted by molar-refractivity contribution is 7.99. The van der Waals surface area contributed by atoms with E-state index in [1.807, 2.05) is 11.8 Å². The van der Waals surface area contributed by atoms with Crippen LogP contribution in [0.1, 0.15) is 11.3 Å². The van der Waals surface area contributed by atoms with E-state index in [1.54, 1.807) is 11.3 Å². The summed E-state index contributed by atoms with van der Waals surface area (Å²) in [5, 5.41) is 8.75. The van der Waals surface area contributed by atoms with E-state index in [4.69, 9.17) is 0 Å². The van der Waals surface area contributed by atoms with Gasteiger partial charge in [0.05, 0.1) is 4.88 Å². The summed E-state index contributed by atoms with van der Waals surface area (Å²) in [7, 11) is 4.18. The molecular weight excluding hydrogens is 276 g/mol. The topological polar surface area (TPSA) is 34.0 Å². The lowest BCUT2D eigenvalue weighted by molar-refractivity contribution is 0.666. The monoisotopic (exact) mass is 294 g/mol. The molecule has 0 unspecified atom stereocenters. The van der Waals surface area contributed by atoms with Crippen molar-refractivity contribution in [1.82, 2.24) is 14.8 Å². The maximum atomic E-state index is 4.38.